The van der Waals surface area contributed by atoms with Crippen molar-refractivity contribution >= 4 is 23.4 Å². The van der Waals surface area contributed by atoms with Crippen molar-refractivity contribution in [3.63, 3.8) is 0 Å². The Morgan fingerprint density at radius 3 is 2.64 bits per heavy atom. The number of rotatable bonds is 2. The highest BCUT2D eigenvalue weighted by molar-refractivity contribution is 7.99. The lowest BCUT2D eigenvalue weighted by Crippen LogP contribution is -2.67. The van der Waals surface area contributed by atoms with Gasteiger partial charge in [0, 0.05) is 4.90 Å². The maximum absolute atomic E-state index is 12.7. The number of aliphatic hydroxyl groups is 1. The van der Waals surface area contributed by atoms with Gasteiger partial charge in [-0.05, 0) is 18.2 Å². The predicted molar refractivity (Wildman–Crippen MR) is 74.7 cm³/mol. The van der Waals surface area contributed by atoms with Gasteiger partial charge in [0.05, 0.1) is 23.2 Å². The van der Waals surface area contributed by atoms with E-state index in [0.29, 0.717) is 11.5 Å². The topological polar surface area (TPSA) is 64.7 Å². The van der Waals surface area contributed by atoms with Crippen molar-refractivity contribution in [3.05, 3.63) is 28.8 Å². The zero-order chi connectivity index (χ0) is 16.1. The summed E-state index contributed by atoms with van der Waals surface area (Å²) < 4.78 is 48.9. The number of fused-ring (bicyclic) bond motifs is 1. The van der Waals surface area contributed by atoms with E-state index < -0.39 is 34.3 Å². The molecule has 1 aromatic carbocycles. The second kappa shape index (κ2) is 5.85. The van der Waals surface area contributed by atoms with E-state index in [1.54, 1.807) is 0 Å². The van der Waals surface area contributed by atoms with Gasteiger partial charge in [-0.3, -0.25) is 0 Å². The molecule has 1 aromatic rings. The first-order valence-corrected chi connectivity index (χ1v) is 7.77. The zero-order valence-electron chi connectivity index (χ0n) is 11.1. The number of hydrogen-bond acceptors (Lipinski definition) is 5. The van der Waals surface area contributed by atoms with E-state index >= 15 is 0 Å². The molecule has 0 radical (unpaired) electrons. The Labute approximate surface area is 133 Å². The molecule has 0 aromatic heterocycles. The second-order valence-corrected chi connectivity index (χ2v) is 6.75. The maximum Gasteiger partial charge on any atom is 0.417 e. The Bertz CT molecular complexity index is 574. The fourth-order valence-electron chi connectivity index (χ4n) is 2.42. The van der Waals surface area contributed by atoms with Crippen LogP contribution in [0.1, 0.15) is 5.56 Å². The first kappa shape index (κ1) is 16.4. The third-order valence-electron chi connectivity index (χ3n) is 3.68. The smallest absolute Gasteiger partial charge is 0.388 e. The lowest BCUT2D eigenvalue weighted by molar-refractivity contribution is -0.251. The molecule has 3 N–H and O–H groups in total. The predicted octanol–water partition coefficient (Wildman–Crippen LogP) is 2.26. The molecule has 3 rings (SSSR count). The Hall–Kier alpha value is -0.510. The molecule has 0 bridgehead atoms. The summed E-state index contributed by atoms with van der Waals surface area (Å²) in [7, 11) is 0. The summed E-state index contributed by atoms with van der Waals surface area (Å²) in [6, 6.07) is 2.83. The van der Waals surface area contributed by atoms with E-state index in [1.807, 2.05) is 0 Å². The summed E-state index contributed by atoms with van der Waals surface area (Å²) in [5.41, 5.74) is 4.31. The Balaban J connectivity index is 1.74. The van der Waals surface area contributed by atoms with Crippen molar-refractivity contribution in [2.24, 2.45) is 5.73 Å². The first-order chi connectivity index (χ1) is 10.3. The first-order valence-electron chi connectivity index (χ1n) is 6.51. The third kappa shape index (κ3) is 2.95. The highest BCUT2D eigenvalue weighted by Crippen LogP contribution is 2.40. The molecule has 5 atom stereocenters. The van der Waals surface area contributed by atoms with Crippen LogP contribution in [0.25, 0.3) is 0 Å². The van der Waals surface area contributed by atoms with E-state index in [9.17, 15) is 18.3 Å². The SMILES string of the molecule is NC1C(O)C(Sc2ccc(C(F)(F)F)c(Cl)c2)OC2COC21. The number of nitrogens with two attached hydrogens (primary N) is 1. The van der Waals surface area contributed by atoms with Crippen LogP contribution in [0, 0.1) is 0 Å². The summed E-state index contributed by atoms with van der Waals surface area (Å²) in [6.45, 7) is 0.399. The van der Waals surface area contributed by atoms with Gasteiger partial charge in [0.15, 0.2) is 0 Å². The molecule has 2 aliphatic heterocycles. The molecular weight excluding hydrogens is 343 g/mol. The van der Waals surface area contributed by atoms with Crippen LogP contribution in [-0.4, -0.2) is 41.5 Å². The zero-order valence-corrected chi connectivity index (χ0v) is 12.7. The number of halogens is 4. The number of thioether (sulfide) groups is 1. The van der Waals surface area contributed by atoms with Crippen molar-refractivity contribution in [3.8, 4) is 0 Å². The average Bonchev–Trinajstić information content (AvgIpc) is 2.38. The van der Waals surface area contributed by atoms with Gasteiger partial charge in [-0.25, -0.2) is 0 Å². The molecule has 5 unspecified atom stereocenters. The van der Waals surface area contributed by atoms with E-state index in [0.717, 1.165) is 17.8 Å². The van der Waals surface area contributed by atoms with Gasteiger partial charge in [-0.2, -0.15) is 13.2 Å². The summed E-state index contributed by atoms with van der Waals surface area (Å²) in [6.07, 6.45) is -6.00. The van der Waals surface area contributed by atoms with Crippen molar-refractivity contribution in [1.29, 1.82) is 0 Å². The normalized spacial score (nSPS) is 34.9. The van der Waals surface area contributed by atoms with E-state index in [4.69, 9.17) is 26.8 Å². The largest absolute Gasteiger partial charge is 0.417 e. The Kier molecular flexibility index (Phi) is 4.34. The highest BCUT2D eigenvalue weighted by Gasteiger charge is 2.49. The number of alkyl halides is 3. The number of aliphatic hydroxyl groups excluding tert-OH is 1. The lowest BCUT2D eigenvalue weighted by Gasteiger charge is -2.48. The Morgan fingerprint density at radius 2 is 2.09 bits per heavy atom. The molecule has 0 aliphatic carbocycles. The van der Waals surface area contributed by atoms with Crippen LogP contribution >= 0.6 is 23.4 Å². The van der Waals surface area contributed by atoms with Crippen LogP contribution in [0.4, 0.5) is 13.2 Å². The molecule has 0 saturated carbocycles. The highest BCUT2D eigenvalue weighted by atomic mass is 35.5. The molecule has 0 spiro atoms. The summed E-state index contributed by atoms with van der Waals surface area (Å²) in [4.78, 5) is 0.466. The monoisotopic (exact) mass is 355 g/mol. The van der Waals surface area contributed by atoms with Crippen molar-refractivity contribution in [2.45, 2.75) is 40.9 Å². The molecule has 2 aliphatic rings. The summed E-state index contributed by atoms with van der Waals surface area (Å²) in [5, 5.41) is 9.72. The van der Waals surface area contributed by atoms with Crippen LogP contribution in [0.5, 0.6) is 0 Å². The summed E-state index contributed by atoms with van der Waals surface area (Å²) in [5.74, 6) is 0. The van der Waals surface area contributed by atoms with Gasteiger partial charge in [-0.15, -0.1) is 0 Å². The van der Waals surface area contributed by atoms with Gasteiger partial charge in [0.2, 0.25) is 0 Å². The molecule has 2 saturated heterocycles. The van der Waals surface area contributed by atoms with E-state index in [1.165, 1.54) is 12.1 Å². The van der Waals surface area contributed by atoms with Crippen molar-refractivity contribution in [2.75, 3.05) is 6.61 Å². The minimum Gasteiger partial charge on any atom is -0.388 e. The number of hydrogen-bond donors (Lipinski definition) is 2. The van der Waals surface area contributed by atoms with Gasteiger partial charge < -0.3 is 20.3 Å². The van der Waals surface area contributed by atoms with Gasteiger partial charge in [0.25, 0.3) is 0 Å². The van der Waals surface area contributed by atoms with Crippen molar-refractivity contribution < 1.29 is 27.8 Å². The number of ether oxygens (including phenoxy) is 2. The van der Waals surface area contributed by atoms with Gasteiger partial charge in [-0.1, -0.05) is 23.4 Å². The lowest BCUT2D eigenvalue weighted by atomic mass is 9.94. The van der Waals surface area contributed by atoms with Crippen LogP contribution in [-0.2, 0) is 15.7 Å². The average molecular weight is 356 g/mol. The quantitative estimate of drug-likeness (QED) is 0.852. The molecule has 4 nitrogen and oxygen atoms in total. The molecule has 22 heavy (non-hydrogen) atoms. The van der Waals surface area contributed by atoms with E-state index in [-0.39, 0.29) is 12.2 Å². The third-order valence-corrected chi connectivity index (χ3v) is 5.14. The fourth-order valence-corrected chi connectivity index (χ4v) is 3.89. The molecule has 122 valence electrons. The molecule has 9 heteroatoms. The van der Waals surface area contributed by atoms with Crippen LogP contribution in [0.2, 0.25) is 5.02 Å². The van der Waals surface area contributed by atoms with Gasteiger partial charge >= 0.3 is 6.18 Å². The molecule has 0 amide bonds. The van der Waals surface area contributed by atoms with Crippen LogP contribution in [0.15, 0.2) is 23.1 Å². The summed E-state index contributed by atoms with van der Waals surface area (Å²) >= 11 is 6.77. The Morgan fingerprint density at radius 1 is 1.36 bits per heavy atom. The number of benzene rings is 1. The fraction of sp³-hybridized carbons (Fsp3) is 0.538. The second-order valence-electron chi connectivity index (χ2n) is 5.17. The van der Waals surface area contributed by atoms with Crippen LogP contribution in [0.3, 0.4) is 0 Å². The minimum atomic E-state index is -4.50. The van der Waals surface area contributed by atoms with Crippen molar-refractivity contribution in [1.82, 2.24) is 0 Å². The standard InChI is InChI=1S/C13H13ClF3NO3S/c14-7-3-5(1-2-6(7)13(15,16)17)22-12-10(19)9(18)11-8(21-12)4-20-11/h1-3,8-12,19H,4,18H2. The molecular formula is C13H13ClF3NO3S. The molecule has 2 fully saturated rings. The molecule has 2 heterocycles. The van der Waals surface area contributed by atoms with E-state index in [2.05, 4.69) is 0 Å². The minimum absolute atomic E-state index is 0.194. The van der Waals surface area contributed by atoms with Crippen LogP contribution < -0.4 is 5.73 Å². The van der Waals surface area contributed by atoms with Gasteiger partial charge in [0.1, 0.15) is 23.7 Å². The maximum atomic E-state index is 12.7.